The molecule has 1 aromatic carbocycles. The van der Waals surface area contributed by atoms with E-state index in [2.05, 4.69) is 50.0 Å². The predicted octanol–water partition coefficient (Wildman–Crippen LogP) is 6.42. The Morgan fingerprint density at radius 1 is 1.29 bits per heavy atom. The molecule has 0 spiro atoms. The van der Waals surface area contributed by atoms with E-state index < -0.39 is 17.3 Å². The van der Waals surface area contributed by atoms with Crippen molar-refractivity contribution in [2.24, 2.45) is 5.92 Å². The van der Waals surface area contributed by atoms with E-state index in [0.29, 0.717) is 41.5 Å². The highest BCUT2D eigenvalue weighted by Crippen LogP contribution is 2.63. The van der Waals surface area contributed by atoms with Crippen molar-refractivity contribution in [2.45, 2.75) is 70.7 Å². The molecule has 0 aromatic heterocycles. The third-order valence-electron chi connectivity index (χ3n) is 8.15. The van der Waals surface area contributed by atoms with Crippen LogP contribution in [0.1, 0.15) is 58.9 Å². The molecule has 1 heterocycles. The van der Waals surface area contributed by atoms with Gasteiger partial charge in [-0.25, -0.2) is 0 Å². The van der Waals surface area contributed by atoms with Gasteiger partial charge in [-0.05, 0) is 64.4 Å². The predicted molar refractivity (Wildman–Crippen MR) is 155 cm³/mol. The summed E-state index contributed by atoms with van der Waals surface area (Å²) in [6, 6.07) is 5.60. The molecule has 38 heavy (non-hydrogen) atoms. The Bertz CT molecular complexity index is 1150. The van der Waals surface area contributed by atoms with Gasteiger partial charge in [0.25, 0.3) is 0 Å². The van der Waals surface area contributed by atoms with Gasteiger partial charge in [-0.15, -0.1) is 0 Å². The van der Waals surface area contributed by atoms with Crippen LogP contribution in [0.2, 0.25) is 0 Å². The molecule has 1 saturated carbocycles. The third-order valence-corrected chi connectivity index (χ3v) is 8.50. The molecule has 0 saturated heterocycles. The Labute approximate surface area is 232 Å². The standard InChI is InChI=1S/C32H42ClNO4/c1-5-17-34(7-3)18-19-37-26-14-15-27-29(21-26)38-31(16-10-13-25(33)6-2)28(22-30(35)32(27,31)36)24-12-9-8-11-23(4)20-24/h6,8-11,13-15,20-21,28,30,35-36H,5,7,12,16-19,22H2,1-4H3/b13-10-,25-6+/t28-,30?,31-,32-/m0/s1. The summed E-state index contributed by atoms with van der Waals surface area (Å²) in [5.74, 6) is 1.08. The summed E-state index contributed by atoms with van der Waals surface area (Å²) < 4.78 is 12.9. The molecule has 6 heteroatoms. The molecule has 1 unspecified atom stereocenters. The lowest BCUT2D eigenvalue weighted by Crippen LogP contribution is -2.55. The van der Waals surface area contributed by atoms with Crippen molar-refractivity contribution >= 4 is 11.6 Å². The van der Waals surface area contributed by atoms with Crippen LogP contribution in [-0.4, -0.2) is 53.1 Å². The number of hydrogen-bond donors (Lipinski definition) is 2. The Balaban J connectivity index is 1.68. The third kappa shape index (κ3) is 5.40. The molecule has 1 aliphatic heterocycles. The van der Waals surface area contributed by atoms with Crippen molar-refractivity contribution < 1.29 is 19.7 Å². The van der Waals surface area contributed by atoms with Gasteiger partial charge in [0, 0.05) is 35.5 Å². The van der Waals surface area contributed by atoms with E-state index >= 15 is 0 Å². The van der Waals surface area contributed by atoms with Crippen LogP contribution in [0.3, 0.4) is 0 Å². The molecule has 3 aliphatic rings. The average molecular weight is 540 g/mol. The molecule has 4 atom stereocenters. The Morgan fingerprint density at radius 3 is 2.84 bits per heavy atom. The minimum Gasteiger partial charge on any atom is -0.492 e. The van der Waals surface area contributed by atoms with Gasteiger partial charge in [0.05, 0.1) is 6.10 Å². The van der Waals surface area contributed by atoms with Crippen LogP contribution in [0.5, 0.6) is 11.5 Å². The average Bonchev–Trinajstić information content (AvgIpc) is 3.14. The number of fused-ring (bicyclic) bond motifs is 3. The van der Waals surface area contributed by atoms with E-state index in [9.17, 15) is 10.2 Å². The molecule has 1 aromatic rings. The smallest absolute Gasteiger partial charge is 0.159 e. The lowest BCUT2D eigenvalue weighted by atomic mass is 9.72. The van der Waals surface area contributed by atoms with Crippen LogP contribution in [0.4, 0.5) is 0 Å². The van der Waals surface area contributed by atoms with Gasteiger partial charge in [0.15, 0.2) is 11.2 Å². The number of hydrogen-bond acceptors (Lipinski definition) is 5. The topological polar surface area (TPSA) is 62.2 Å². The summed E-state index contributed by atoms with van der Waals surface area (Å²) in [5.41, 5.74) is 0.264. The van der Waals surface area contributed by atoms with Crippen LogP contribution >= 0.6 is 11.6 Å². The van der Waals surface area contributed by atoms with Gasteiger partial charge in [0.2, 0.25) is 0 Å². The van der Waals surface area contributed by atoms with Gasteiger partial charge in [-0.3, -0.25) is 0 Å². The summed E-state index contributed by atoms with van der Waals surface area (Å²) >= 11 is 6.26. The first-order valence-corrected chi connectivity index (χ1v) is 14.3. The van der Waals surface area contributed by atoms with Gasteiger partial charge in [0.1, 0.15) is 18.1 Å². The molecule has 206 valence electrons. The van der Waals surface area contributed by atoms with E-state index in [4.69, 9.17) is 21.1 Å². The number of aliphatic hydroxyl groups excluding tert-OH is 1. The molecule has 0 bridgehead atoms. The van der Waals surface area contributed by atoms with Crippen molar-refractivity contribution in [1.82, 2.24) is 4.90 Å². The number of aliphatic hydroxyl groups is 2. The Morgan fingerprint density at radius 2 is 2.11 bits per heavy atom. The number of nitrogens with zero attached hydrogens (tertiary/aromatic N) is 1. The SMILES string of the molecule is C/C=C(Cl)\C=C/C[C@@]12Oc3cc(OCCN(CC)CCC)ccc3[C@]1(O)C(O)C[C@H]2C1=CC(C)=CC=CC1. The number of benzene rings is 1. The fourth-order valence-corrected chi connectivity index (χ4v) is 6.30. The largest absolute Gasteiger partial charge is 0.492 e. The number of rotatable bonds is 11. The maximum absolute atomic E-state index is 12.3. The lowest BCUT2D eigenvalue weighted by molar-refractivity contribution is -0.146. The fraction of sp³-hybridized carbons (Fsp3) is 0.500. The molecule has 0 amide bonds. The minimum absolute atomic E-state index is 0.188. The van der Waals surface area contributed by atoms with E-state index in [1.54, 1.807) is 0 Å². The number of ether oxygens (including phenoxy) is 2. The Kier molecular flexibility index (Phi) is 9.25. The van der Waals surface area contributed by atoms with Gasteiger partial charge in [-0.2, -0.15) is 0 Å². The number of likely N-dealkylation sites (N-methyl/N-ethyl adjacent to an activating group) is 1. The summed E-state index contributed by atoms with van der Waals surface area (Å²) in [5, 5.41) is 24.4. The van der Waals surface area contributed by atoms with Crippen LogP contribution in [-0.2, 0) is 5.60 Å². The second kappa shape index (κ2) is 12.3. The van der Waals surface area contributed by atoms with E-state index in [0.717, 1.165) is 43.6 Å². The van der Waals surface area contributed by atoms with Crippen LogP contribution in [0.25, 0.3) is 0 Å². The fourth-order valence-electron chi connectivity index (χ4n) is 6.21. The van der Waals surface area contributed by atoms with Crippen LogP contribution in [0, 0.1) is 5.92 Å². The van der Waals surface area contributed by atoms with Crippen molar-refractivity contribution in [1.29, 1.82) is 0 Å². The summed E-state index contributed by atoms with van der Waals surface area (Å²) in [6.45, 7) is 11.8. The Hall–Kier alpha value is -2.31. The first kappa shape index (κ1) is 28.7. The maximum atomic E-state index is 12.3. The minimum atomic E-state index is -1.56. The monoisotopic (exact) mass is 539 g/mol. The van der Waals surface area contributed by atoms with E-state index in [1.165, 1.54) is 0 Å². The highest BCUT2D eigenvalue weighted by Gasteiger charge is 2.71. The molecule has 2 aliphatic carbocycles. The van der Waals surface area contributed by atoms with Crippen molar-refractivity contribution in [3.63, 3.8) is 0 Å². The zero-order valence-electron chi connectivity index (χ0n) is 23.1. The molecule has 4 rings (SSSR count). The first-order valence-electron chi connectivity index (χ1n) is 13.9. The second-order valence-electron chi connectivity index (χ2n) is 10.5. The highest BCUT2D eigenvalue weighted by atomic mass is 35.5. The number of halogens is 1. The first-order chi connectivity index (χ1) is 18.3. The summed E-state index contributed by atoms with van der Waals surface area (Å²) in [6.07, 6.45) is 15.7. The molecule has 2 N–H and O–H groups in total. The lowest BCUT2D eigenvalue weighted by Gasteiger charge is -2.40. The van der Waals surface area contributed by atoms with Crippen LogP contribution < -0.4 is 9.47 Å². The second-order valence-corrected chi connectivity index (χ2v) is 11.0. The molecule has 1 fully saturated rings. The molecule has 0 radical (unpaired) electrons. The summed E-state index contributed by atoms with van der Waals surface area (Å²) in [4.78, 5) is 2.36. The van der Waals surface area contributed by atoms with E-state index in [1.807, 2.05) is 43.4 Å². The molecule has 5 nitrogen and oxygen atoms in total. The zero-order valence-corrected chi connectivity index (χ0v) is 23.9. The normalized spacial score (nSPS) is 28.7. The number of allylic oxidation sites excluding steroid dienone is 8. The van der Waals surface area contributed by atoms with Crippen molar-refractivity contribution in [2.75, 3.05) is 26.2 Å². The molecular weight excluding hydrogens is 498 g/mol. The maximum Gasteiger partial charge on any atom is 0.159 e. The van der Waals surface area contributed by atoms with Crippen molar-refractivity contribution in [3.8, 4) is 11.5 Å². The summed E-state index contributed by atoms with van der Waals surface area (Å²) in [7, 11) is 0. The van der Waals surface area contributed by atoms with Gasteiger partial charge in [-0.1, -0.05) is 73.1 Å². The van der Waals surface area contributed by atoms with E-state index in [-0.39, 0.29) is 5.92 Å². The van der Waals surface area contributed by atoms with Crippen molar-refractivity contribution in [3.05, 3.63) is 82.5 Å². The molecular formula is C32H42ClNO4. The van der Waals surface area contributed by atoms with Crippen LogP contribution in [0.15, 0.2) is 76.9 Å². The zero-order chi connectivity index (χ0) is 27.3. The quantitative estimate of drug-likeness (QED) is 0.318. The van der Waals surface area contributed by atoms with Gasteiger partial charge < -0.3 is 24.6 Å². The van der Waals surface area contributed by atoms with Gasteiger partial charge >= 0.3 is 0 Å². The highest BCUT2D eigenvalue weighted by molar-refractivity contribution is 6.31.